The van der Waals surface area contributed by atoms with Crippen molar-refractivity contribution in [2.45, 2.75) is 37.8 Å². The Labute approximate surface area is 120 Å². The largest absolute Gasteiger partial charge is 0.394 e. The molecule has 1 aromatic carbocycles. The van der Waals surface area contributed by atoms with E-state index in [-0.39, 0.29) is 12.5 Å². The number of hydrogen-bond donors (Lipinski definition) is 2. The molecule has 2 N–H and O–H groups in total. The molecule has 0 bridgehead atoms. The first kappa shape index (κ1) is 15.0. The highest BCUT2D eigenvalue weighted by atomic mass is 16.3. The minimum atomic E-state index is -0.403. The fourth-order valence-electron chi connectivity index (χ4n) is 2.81. The summed E-state index contributed by atoms with van der Waals surface area (Å²) in [7, 11) is 4.04. The maximum atomic E-state index is 12.3. The van der Waals surface area contributed by atoms with Gasteiger partial charge in [0.05, 0.1) is 12.1 Å². The highest BCUT2D eigenvalue weighted by Gasteiger charge is 2.34. The van der Waals surface area contributed by atoms with E-state index < -0.39 is 5.54 Å². The van der Waals surface area contributed by atoms with Crippen LogP contribution in [0.4, 0.5) is 0 Å². The van der Waals surface area contributed by atoms with E-state index in [0.29, 0.717) is 5.56 Å². The number of aliphatic hydroxyl groups excluding tert-OH is 1. The zero-order valence-electron chi connectivity index (χ0n) is 12.4. The maximum absolute atomic E-state index is 12.3. The van der Waals surface area contributed by atoms with Crippen molar-refractivity contribution in [1.82, 2.24) is 10.2 Å². The lowest BCUT2D eigenvalue weighted by Crippen LogP contribution is -2.49. The molecule has 1 saturated carbocycles. The Balaban J connectivity index is 2.02. The molecule has 0 aromatic heterocycles. The average Bonchev–Trinajstić information content (AvgIpc) is 2.88. The van der Waals surface area contributed by atoms with Gasteiger partial charge in [-0.25, -0.2) is 0 Å². The van der Waals surface area contributed by atoms with Crippen LogP contribution in [-0.2, 0) is 6.54 Å². The zero-order chi connectivity index (χ0) is 14.6. The molecule has 0 aliphatic heterocycles. The lowest BCUT2D eigenvalue weighted by atomic mass is 9.98. The Kier molecular flexibility index (Phi) is 4.78. The van der Waals surface area contributed by atoms with Gasteiger partial charge in [-0.2, -0.15) is 0 Å². The normalized spacial score (nSPS) is 17.4. The van der Waals surface area contributed by atoms with E-state index in [1.54, 1.807) is 0 Å². The minimum Gasteiger partial charge on any atom is -0.394 e. The molecule has 1 aliphatic carbocycles. The molecule has 4 heteroatoms. The topological polar surface area (TPSA) is 52.6 Å². The number of rotatable bonds is 5. The van der Waals surface area contributed by atoms with Gasteiger partial charge < -0.3 is 15.3 Å². The zero-order valence-corrected chi connectivity index (χ0v) is 12.4. The van der Waals surface area contributed by atoms with Crippen molar-refractivity contribution in [2.24, 2.45) is 0 Å². The number of nitrogens with zero attached hydrogens (tertiary/aromatic N) is 1. The first-order chi connectivity index (χ1) is 9.54. The second-order valence-electron chi connectivity index (χ2n) is 6.03. The third-order valence-electron chi connectivity index (χ3n) is 3.96. The van der Waals surface area contributed by atoms with Crippen molar-refractivity contribution >= 4 is 5.91 Å². The van der Waals surface area contributed by atoms with Crippen LogP contribution in [0, 0.1) is 0 Å². The molecule has 1 aromatic rings. The van der Waals surface area contributed by atoms with Crippen LogP contribution in [0.5, 0.6) is 0 Å². The molecule has 0 radical (unpaired) electrons. The van der Waals surface area contributed by atoms with Gasteiger partial charge >= 0.3 is 0 Å². The molecule has 0 unspecified atom stereocenters. The number of amides is 1. The highest BCUT2D eigenvalue weighted by molar-refractivity contribution is 5.94. The van der Waals surface area contributed by atoms with Crippen LogP contribution in [0.1, 0.15) is 41.6 Å². The predicted molar refractivity (Wildman–Crippen MR) is 79.6 cm³/mol. The smallest absolute Gasteiger partial charge is 0.251 e. The van der Waals surface area contributed by atoms with Crippen LogP contribution < -0.4 is 5.32 Å². The average molecular weight is 276 g/mol. The van der Waals surface area contributed by atoms with Crippen LogP contribution in [0.3, 0.4) is 0 Å². The Morgan fingerprint density at radius 2 is 1.85 bits per heavy atom. The second kappa shape index (κ2) is 6.37. The molecule has 1 amide bonds. The summed E-state index contributed by atoms with van der Waals surface area (Å²) in [5.74, 6) is -0.0858. The molecule has 0 atom stereocenters. The SMILES string of the molecule is CN(C)Cc1ccc(C(=O)NC2(CO)CCCC2)cc1. The summed E-state index contributed by atoms with van der Waals surface area (Å²) in [4.78, 5) is 14.4. The fourth-order valence-corrected chi connectivity index (χ4v) is 2.81. The summed E-state index contributed by atoms with van der Waals surface area (Å²) in [5.41, 5.74) is 1.44. The fraction of sp³-hybridized carbons (Fsp3) is 0.562. The molecular weight excluding hydrogens is 252 g/mol. The van der Waals surface area contributed by atoms with E-state index in [1.807, 2.05) is 38.4 Å². The third-order valence-corrected chi connectivity index (χ3v) is 3.96. The maximum Gasteiger partial charge on any atom is 0.251 e. The number of benzene rings is 1. The summed E-state index contributed by atoms with van der Waals surface area (Å²) in [6, 6.07) is 7.67. The molecule has 1 fully saturated rings. The van der Waals surface area contributed by atoms with E-state index in [1.165, 1.54) is 5.56 Å². The second-order valence-corrected chi connectivity index (χ2v) is 6.03. The van der Waals surface area contributed by atoms with Crippen molar-refractivity contribution in [3.05, 3.63) is 35.4 Å². The lowest BCUT2D eigenvalue weighted by molar-refractivity contribution is 0.0838. The Morgan fingerprint density at radius 1 is 1.25 bits per heavy atom. The van der Waals surface area contributed by atoms with Gasteiger partial charge in [0.15, 0.2) is 0 Å². The van der Waals surface area contributed by atoms with Crippen molar-refractivity contribution in [1.29, 1.82) is 0 Å². The number of carbonyl (C=O) groups is 1. The molecule has 0 spiro atoms. The molecule has 1 aliphatic rings. The van der Waals surface area contributed by atoms with E-state index in [0.717, 1.165) is 32.2 Å². The van der Waals surface area contributed by atoms with Crippen LogP contribution in [0.25, 0.3) is 0 Å². The standard InChI is InChI=1S/C16H24N2O2/c1-18(2)11-13-5-7-14(8-6-13)15(20)17-16(12-19)9-3-4-10-16/h5-8,19H,3-4,9-12H2,1-2H3,(H,17,20). The van der Waals surface area contributed by atoms with Gasteiger partial charge in [-0.15, -0.1) is 0 Å². The molecule has 4 nitrogen and oxygen atoms in total. The third kappa shape index (κ3) is 3.58. The van der Waals surface area contributed by atoms with Gasteiger partial charge in [0, 0.05) is 12.1 Å². The predicted octanol–water partition coefficient (Wildman–Crippen LogP) is 1.78. The Hall–Kier alpha value is -1.39. The molecular formula is C16H24N2O2. The van der Waals surface area contributed by atoms with Crippen molar-refractivity contribution in [3.63, 3.8) is 0 Å². The first-order valence-corrected chi connectivity index (χ1v) is 7.22. The molecule has 110 valence electrons. The van der Waals surface area contributed by atoms with Gasteiger partial charge in [-0.1, -0.05) is 25.0 Å². The van der Waals surface area contributed by atoms with Gasteiger partial charge in [0.2, 0.25) is 0 Å². The quantitative estimate of drug-likeness (QED) is 0.862. The van der Waals surface area contributed by atoms with Crippen molar-refractivity contribution in [2.75, 3.05) is 20.7 Å². The summed E-state index contributed by atoms with van der Waals surface area (Å²) < 4.78 is 0. The van der Waals surface area contributed by atoms with Crippen molar-refractivity contribution in [3.8, 4) is 0 Å². The van der Waals surface area contributed by atoms with E-state index in [2.05, 4.69) is 10.2 Å². The van der Waals surface area contributed by atoms with Crippen LogP contribution in [-0.4, -0.2) is 42.2 Å². The summed E-state index contributed by atoms with van der Waals surface area (Å²) >= 11 is 0. The van der Waals surface area contributed by atoms with Crippen LogP contribution in [0.2, 0.25) is 0 Å². The van der Waals surface area contributed by atoms with Crippen molar-refractivity contribution < 1.29 is 9.90 Å². The first-order valence-electron chi connectivity index (χ1n) is 7.22. The van der Waals surface area contributed by atoms with Gasteiger partial charge in [-0.3, -0.25) is 4.79 Å². The molecule has 20 heavy (non-hydrogen) atoms. The van der Waals surface area contributed by atoms with Gasteiger partial charge in [-0.05, 0) is 44.6 Å². The molecule has 0 saturated heterocycles. The number of hydrogen-bond acceptors (Lipinski definition) is 3. The van der Waals surface area contributed by atoms with E-state index in [4.69, 9.17) is 0 Å². The van der Waals surface area contributed by atoms with E-state index >= 15 is 0 Å². The van der Waals surface area contributed by atoms with Crippen LogP contribution >= 0.6 is 0 Å². The Morgan fingerprint density at radius 3 is 2.35 bits per heavy atom. The summed E-state index contributed by atoms with van der Waals surface area (Å²) in [6.45, 7) is 0.889. The molecule has 2 rings (SSSR count). The number of carbonyl (C=O) groups excluding carboxylic acids is 1. The highest BCUT2D eigenvalue weighted by Crippen LogP contribution is 2.29. The summed E-state index contributed by atoms with van der Waals surface area (Å²) in [5, 5.41) is 12.6. The van der Waals surface area contributed by atoms with Crippen LogP contribution in [0.15, 0.2) is 24.3 Å². The number of nitrogens with one attached hydrogen (secondary N) is 1. The van der Waals surface area contributed by atoms with Gasteiger partial charge in [0.1, 0.15) is 0 Å². The van der Waals surface area contributed by atoms with Gasteiger partial charge in [0.25, 0.3) is 5.91 Å². The monoisotopic (exact) mass is 276 g/mol. The van der Waals surface area contributed by atoms with E-state index in [9.17, 15) is 9.90 Å². The minimum absolute atomic E-state index is 0.0253. The lowest BCUT2D eigenvalue weighted by Gasteiger charge is -2.28. The molecule has 0 heterocycles. The summed E-state index contributed by atoms with van der Waals surface area (Å²) in [6.07, 6.45) is 3.88. The Bertz CT molecular complexity index is 448. The number of aliphatic hydroxyl groups is 1.